The van der Waals surface area contributed by atoms with Gasteiger partial charge in [0.25, 0.3) is 0 Å². The highest BCUT2D eigenvalue weighted by molar-refractivity contribution is 5.68. The second-order valence-corrected chi connectivity index (χ2v) is 7.19. The lowest BCUT2D eigenvalue weighted by Crippen LogP contribution is -2.44. The van der Waals surface area contributed by atoms with Crippen molar-refractivity contribution >= 4 is 6.09 Å². The number of aliphatic hydroxyl groups is 1. The van der Waals surface area contributed by atoms with E-state index in [2.05, 4.69) is 19.2 Å². The van der Waals surface area contributed by atoms with Gasteiger partial charge in [0.2, 0.25) is 0 Å². The molecule has 0 saturated carbocycles. The number of rotatable bonds is 6. The molecule has 3 atom stereocenters. The molecule has 0 aromatic carbocycles. The van der Waals surface area contributed by atoms with E-state index in [1.807, 2.05) is 25.7 Å². The van der Waals surface area contributed by atoms with Gasteiger partial charge >= 0.3 is 6.09 Å². The van der Waals surface area contributed by atoms with Crippen molar-refractivity contribution in [3.05, 3.63) is 0 Å². The van der Waals surface area contributed by atoms with Crippen LogP contribution in [0.4, 0.5) is 4.79 Å². The minimum Gasteiger partial charge on any atom is -0.444 e. The fraction of sp³-hybridized carbons (Fsp3) is 0.938. The van der Waals surface area contributed by atoms with Crippen molar-refractivity contribution in [1.29, 1.82) is 0 Å². The fourth-order valence-electron chi connectivity index (χ4n) is 2.88. The maximum absolute atomic E-state index is 12.2. The third-order valence-electron chi connectivity index (χ3n) is 3.76. The van der Waals surface area contributed by atoms with Crippen molar-refractivity contribution in [3.63, 3.8) is 0 Å². The first-order valence-corrected chi connectivity index (χ1v) is 8.09. The number of hydrogen-bond acceptors (Lipinski definition) is 4. The summed E-state index contributed by atoms with van der Waals surface area (Å²) in [6.07, 6.45) is 3.57. The zero-order chi connectivity index (χ0) is 16.0. The zero-order valence-electron chi connectivity index (χ0n) is 14.2. The van der Waals surface area contributed by atoms with Gasteiger partial charge in [-0.05, 0) is 60.3 Å². The molecule has 0 aromatic heterocycles. The fourth-order valence-corrected chi connectivity index (χ4v) is 2.88. The monoisotopic (exact) mass is 300 g/mol. The molecular formula is C16H32N2O3. The normalized spacial score (nSPS) is 22.2. The SMILES string of the molecule is CC(CCO)NC(C)CC1CCCN1C(=O)OC(C)(C)C. The van der Waals surface area contributed by atoms with Crippen LogP contribution in [0.2, 0.25) is 0 Å². The van der Waals surface area contributed by atoms with Gasteiger partial charge in [-0.2, -0.15) is 0 Å². The van der Waals surface area contributed by atoms with Gasteiger partial charge in [-0.1, -0.05) is 0 Å². The Balaban J connectivity index is 2.48. The first kappa shape index (κ1) is 18.2. The first-order chi connectivity index (χ1) is 9.73. The number of nitrogens with zero attached hydrogens (tertiary/aromatic N) is 1. The summed E-state index contributed by atoms with van der Waals surface area (Å²) in [5.41, 5.74) is -0.441. The second kappa shape index (κ2) is 7.99. The van der Waals surface area contributed by atoms with Gasteiger partial charge in [0.05, 0.1) is 0 Å². The van der Waals surface area contributed by atoms with Crippen molar-refractivity contribution < 1.29 is 14.6 Å². The molecule has 1 fully saturated rings. The Bertz CT molecular complexity index is 328. The molecule has 1 rings (SSSR count). The number of ether oxygens (including phenoxy) is 1. The number of likely N-dealkylation sites (tertiary alicyclic amines) is 1. The lowest BCUT2D eigenvalue weighted by molar-refractivity contribution is 0.0214. The summed E-state index contributed by atoms with van der Waals surface area (Å²) in [5, 5.41) is 12.4. The van der Waals surface area contributed by atoms with Crippen LogP contribution in [0.5, 0.6) is 0 Å². The lowest BCUT2D eigenvalue weighted by atomic mass is 10.0. The lowest BCUT2D eigenvalue weighted by Gasteiger charge is -2.30. The number of aliphatic hydroxyl groups excluding tert-OH is 1. The maximum atomic E-state index is 12.2. The highest BCUT2D eigenvalue weighted by atomic mass is 16.6. The Morgan fingerprint density at radius 2 is 2.05 bits per heavy atom. The molecule has 0 radical (unpaired) electrons. The molecule has 3 unspecified atom stereocenters. The topological polar surface area (TPSA) is 61.8 Å². The van der Waals surface area contributed by atoms with E-state index in [0.717, 1.165) is 32.2 Å². The average molecular weight is 300 g/mol. The van der Waals surface area contributed by atoms with Crippen molar-refractivity contribution in [2.75, 3.05) is 13.2 Å². The minimum absolute atomic E-state index is 0.194. The highest BCUT2D eigenvalue weighted by Gasteiger charge is 2.32. The molecule has 0 bridgehead atoms. The van der Waals surface area contributed by atoms with E-state index in [1.165, 1.54) is 0 Å². The summed E-state index contributed by atoms with van der Waals surface area (Å²) in [6, 6.07) is 0.865. The van der Waals surface area contributed by atoms with Crippen molar-refractivity contribution in [2.24, 2.45) is 0 Å². The maximum Gasteiger partial charge on any atom is 0.410 e. The molecule has 0 aromatic rings. The Kier molecular flexibility index (Phi) is 6.94. The summed E-state index contributed by atoms with van der Waals surface area (Å²) in [5.74, 6) is 0. The predicted octanol–water partition coefficient (Wildman–Crippen LogP) is 2.53. The van der Waals surface area contributed by atoms with Gasteiger partial charge in [0.1, 0.15) is 5.60 Å². The molecule has 1 aliphatic rings. The Morgan fingerprint density at radius 1 is 1.38 bits per heavy atom. The Hall–Kier alpha value is -0.810. The van der Waals surface area contributed by atoms with Gasteiger partial charge in [0.15, 0.2) is 0 Å². The summed E-state index contributed by atoms with van der Waals surface area (Å²) in [6.45, 7) is 10.9. The highest BCUT2D eigenvalue weighted by Crippen LogP contribution is 2.24. The molecule has 5 nitrogen and oxygen atoms in total. The van der Waals surface area contributed by atoms with Crippen LogP contribution < -0.4 is 5.32 Å². The Labute approximate surface area is 129 Å². The molecule has 2 N–H and O–H groups in total. The molecule has 1 heterocycles. The third-order valence-corrected chi connectivity index (χ3v) is 3.76. The molecule has 124 valence electrons. The summed E-state index contributed by atoms with van der Waals surface area (Å²) >= 11 is 0. The molecule has 5 heteroatoms. The van der Waals surface area contributed by atoms with Gasteiger partial charge < -0.3 is 20.1 Å². The average Bonchev–Trinajstić information content (AvgIpc) is 2.74. The van der Waals surface area contributed by atoms with E-state index in [9.17, 15) is 4.79 Å². The van der Waals surface area contributed by atoms with Gasteiger partial charge in [0, 0.05) is 31.3 Å². The molecule has 0 spiro atoms. The van der Waals surface area contributed by atoms with E-state index >= 15 is 0 Å². The van der Waals surface area contributed by atoms with E-state index in [4.69, 9.17) is 9.84 Å². The van der Waals surface area contributed by atoms with Crippen LogP contribution in [0.3, 0.4) is 0 Å². The van der Waals surface area contributed by atoms with Crippen molar-refractivity contribution in [1.82, 2.24) is 10.2 Å². The largest absolute Gasteiger partial charge is 0.444 e. The van der Waals surface area contributed by atoms with Gasteiger partial charge in [-0.15, -0.1) is 0 Å². The van der Waals surface area contributed by atoms with Crippen LogP contribution >= 0.6 is 0 Å². The zero-order valence-corrected chi connectivity index (χ0v) is 14.2. The van der Waals surface area contributed by atoms with Crippen LogP contribution in [-0.4, -0.2) is 53.0 Å². The summed E-state index contributed by atoms with van der Waals surface area (Å²) < 4.78 is 5.49. The number of hydrogen-bond donors (Lipinski definition) is 2. The summed E-state index contributed by atoms with van der Waals surface area (Å²) in [4.78, 5) is 14.1. The molecule has 0 aliphatic carbocycles. The van der Waals surface area contributed by atoms with Gasteiger partial charge in [-0.3, -0.25) is 0 Å². The second-order valence-electron chi connectivity index (χ2n) is 7.19. The van der Waals surface area contributed by atoms with Crippen LogP contribution in [0.15, 0.2) is 0 Å². The van der Waals surface area contributed by atoms with Crippen LogP contribution in [0.25, 0.3) is 0 Å². The summed E-state index contributed by atoms with van der Waals surface area (Å²) in [7, 11) is 0. The van der Waals surface area contributed by atoms with E-state index < -0.39 is 5.60 Å². The smallest absolute Gasteiger partial charge is 0.410 e. The molecular weight excluding hydrogens is 268 g/mol. The van der Waals surface area contributed by atoms with E-state index in [1.54, 1.807) is 0 Å². The molecule has 1 saturated heterocycles. The van der Waals surface area contributed by atoms with Crippen LogP contribution in [0, 0.1) is 0 Å². The molecule has 1 amide bonds. The van der Waals surface area contributed by atoms with Crippen LogP contribution in [0.1, 0.15) is 60.3 Å². The quantitative estimate of drug-likeness (QED) is 0.791. The molecule has 1 aliphatic heterocycles. The van der Waals surface area contributed by atoms with Gasteiger partial charge in [-0.25, -0.2) is 4.79 Å². The van der Waals surface area contributed by atoms with Crippen molar-refractivity contribution in [3.8, 4) is 0 Å². The standard InChI is InChI=1S/C16H32N2O3/c1-12(8-10-19)17-13(2)11-14-7-6-9-18(14)15(20)21-16(3,4)5/h12-14,17,19H,6-11H2,1-5H3. The number of amides is 1. The minimum atomic E-state index is -0.441. The van der Waals surface area contributed by atoms with E-state index in [-0.39, 0.29) is 18.7 Å². The first-order valence-electron chi connectivity index (χ1n) is 8.09. The number of nitrogens with one attached hydrogen (secondary N) is 1. The van der Waals surface area contributed by atoms with E-state index in [0.29, 0.717) is 12.1 Å². The van der Waals surface area contributed by atoms with Crippen LogP contribution in [-0.2, 0) is 4.74 Å². The predicted molar refractivity (Wildman–Crippen MR) is 84.3 cm³/mol. The third kappa shape index (κ3) is 6.66. The number of carbonyl (C=O) groups excluding carboxylic acids is 1. The Morgan fingerprint density at radius 3 is 2.62 bits per heavy atom. The number of carbonyl (C=O) groups is 1. The van der Waals surface area contributed by atoms with Crippen molar-refractivity contribution in [2.45, 2.75) is 84.0 Å². The molecule has 21 heavy (non-hydrogen) atoms.